The Balaban J connectivity index is 1.55. The topological polar surface area (TPSA) is 111 Å². The molecular formula is C23H25FN2O7S. The van der Waals surface area contributed by atoms with Crippen molar-refractivity contribution in [1.82, 2.24) is 4.90 Å². The fraction of sp³-hybridized carbons (Fsp3) is 0.391. The molecule has 0 aromatic heterocycles. The number of esters is 1. The van der Waals surface area contributed by atoms with Gasteiger partial charge < -0.3 is 19.1 Å². The van der Waals surface area contributed by atoms with E-state index in [9.17, 15) is 22.4 Å². The summed E-state index contributed by atoms with van der Waals surface area (Å²) in [5, 5.41) is 0. The highest BCUT2D eigenvalue weighted by Gasteiger charge is 2.39. The Labute approximate surface area is 196 Å². The third kappa shape index (κ3) is 5.00. The fourth-order valence-corrected chi connectivity index (χ4v) is 5.29. The van der Waals surface area contributed by atoms with E-state index >= 15 is 0 Å². The van der Waals surface area contributed by atoms with E-state index in [0.29, 0.717) is 12.8 Å². The molecule has 2 aliphatic heterocycles. The van der Waals surface area contributed by atoms with Crippen molar-refractivity contribution in [3.63, 3.8) is 0 Å². The Hall–Kier alpha value is -3.18. The number of likely N-dealkylation sites (N-methyl/N-ethyl adjacent to an activating group) is 1. The molecule has 2 aliphatic rings. The Morgan fingerprint density at radius 3 is 2.76 bits per heavy atom. The minimum absolute atomic E-state index is 0.128. The van der Waals surface area contributed by atoms with Gasteiger partial charge in [0, 0.05) is 12.7 Å². The van der Waals surface area contributed by atoms with E-state index in [1.54, 1.807) is 11.9 Å². The van der Waals surface area contributed by atoms with Crippen molar-refractivity contribution in [3.8, 4) is 5.75 Å². The normalized spacial score (nSPS) is 22.5. The van der Waals surface area contributed by atoms with E-state index in [-0.39, 0.29) is 58.9 Å². The lowest BCUT2D eigenvalue weighted by atomic mass is 9.94. The summed E-state index contributed by atoms with van der Waals surface area (Å²) in [6.45, 7) is 0.154. The van der Waals surface area contributed by atoms with Crippen molar-refractivity contribution >= 4 is 27.6 Å². The van der Waals surface area contributed by atoms with Gasteiger partial charge in [-0.25, -0.2) is 12.8 Å². The average molecular weight is 493 g/mol. The second-order valence-electron chi connectivity index (χ2n) is 8.22. The summed E-state index contributed by atoms with van der Waals surface area (Å²) in [5.41, 5.74) is 0.334. The molecule has 0 aliphatic carbocycles. The van der Waals surface area contributed by atoms with Crippen molar-refractivity contribution in [2.45, 2.75) is 42.4 Å². The Kier molecular flexibility index (Phi) is 6.76. The minimum atomic E-state index is -4.06. The van der Waals surface area contributed by atoms with Crippen LogP contribution in [0, 0.1) is 5.82 Å². The van der Waals surface area contributed by atoms with Crippen LogP contribution in [0.2, 0.25) is 0 Å². The number of ether oxygens (including phenoxy) is 3. The van der Waals surface area contributed by atoms with E-state index in [1.807, 2.05) is 0 Å². The SMILES string of the molecule is COC(=O)C[C@H]1CC[C@@H]2[C@H](COc3ccc(NS(=O)(=O)c4cccc(F)c4)cc3C(=O)N2C)O1. The first kappa shape index (κ1) is 24.0. The number of hydrogen-bond acceptors (Lipinski definition) is 7. The molecule has 4 rings (SSSR count). The van der Waals surface area contributed by atoms with Gasteiger partial charge in [-0.15, -0.1) is 0 Å². The maximum Gasteiger partial charge on any atom is 0.308 e. The van der Waals surface area contributed by atoms with Crippen molar-refractivity contribution in [2.75, 3.05) is 25.5 Å². The van der Waals surface area contributed by atoms with Crippen LogP contribution in [0.4, 0.5) is 10.1 Å². The van der Waals surface area contributed by atoms with E-state index < -0.39 is 21.9 Å². The number of sulfonamides is 1. The number of carbonyl (C=O) groups excluding carboxylic acids is 2. The highest BCUT2D eigenvalue weighted by molar-refractivity contribution is 7.92. The fourth-order valence-electron chi connectivity index (χ4n) is 4.21. The number of hydrogen-bond donors (Lipinski definition) is 1. The second-order valence-corrected chi connectivity index (χ2v) is 9.90. The molecule has 0 saturated carbocycles. The number of amides is 1. The number of nitrogens with zero attached hydrogens (tertiary/aromatic N) is 1. The van der Waals surface area contributed by atoms with Gasteiger partial charge >= 0.3 is 5.97 Å². The molecule has 182 valence electrons. The van der Waals surface area contributed by atoms with Crippen molar-refractivity contribution < 1.29 is 36.6 Å². The van der Waals surface area contributed by atoms with Crippen LogP contribution in [0.25, 0.3) is 0 Å². The first-order valence-electron chi connectivity index (χ1n) is 10.7. The van der Waals surface area contributed by atoms with Crippen molar-refractivity contribution in [3.05, 3.63) is 53.8 Å². The lowest BCUT2D eigenvalue weighted by molar-refractivity contribution is -0.151. The van der Waals surface area contributed by atoms with E-state index in [4.69, 9.17) is 14.2 Å². The Morgan fingerprint density at radius 1 is 1.24 bits per heavy atom. The minimum Gasteiger partial charge on any atom is -0.490 e. The molecule has 3 atom stereocenters. The first-order valence-corrected chi connectivity index (χ1v) is 12.2. The van der Waals surface area contributed by atoms with Gasteiger partial charge in [0.25, 0.3) is 15.9 Å². The van der Waals surface area contributed by atoms with Crippen LogP contribution in [0.15, 0.2) is 47.4 Å². The molecule has 0 spiro atoms. The Bertz CT molecular complexity index is 1200. The predicted molar refractivity (Wildman–Crippen MR) is 120 cm³/mol. The average Bonchev–Trinajstić information content (AvgIpc) is 2.81. The monoisotopic (exact) mass is 492 g/mol. The van der Waals surface area contributed by atoms with Crippen LogP contribution in [0.1, 0.15) is 29.6 Å². The lowest BCUT2D eigenvalue weighted by Gasteiger charge is -2.42. The zero-order valence-corrected chi connectivity index (χ0v) is 19.5. The number of anilines is 1. The molecule has 1 fully saturated rings. The van der Waals surface area contributed by atoms with Gasteiger partial charge in [-0.05, 0) is 49.2 Å². The Morgan fingerprint density at radius 2 is 2.03 bits per heavy atom. The molecule has 1 saturated heterocycles. The van der Waals surface area contributed by atoms with Crippen LogP contribution >= 0.6 is 0 Å². The smallest absolute Gasteiger partial charge is 0.308 e. The lowest BCUT2D eigenvalue weighted by Crippen LogP contribution is -2.53. The summed E-state index contributed by atoms with van der Waals surface area (Å²) in [6.07, 6.45) is 0.562. The molecule has 0 radical (unpaired) electrons. The number of nitrogens with one attached hydrogen (secondary N) is 1. The largest absolute Gasteiger partial charge is 0.490 e. The first-order chi connectivity index (χ1) is 16.2. The van der Waals surface area contributed by atoms with Crippen LogP contribution in [0.5, 0.6) is 5.75 Å². The zero-order chi connectivity index (χ0) is 24.5. The second kappa shape index (κ2) is 9.59. The maximum absolute atomic E-state index is 13.5. The molecular weight excluding hydrogens is 467 g/mol. The summed E-state index contributed by atoms with van der Waals surface area (Å²) in [7, 11) is -1.08. The van der Waals surface area contributed by atoms with Crippen molar-refractivity contribution in [2.24, 2.45) is 0 Å². The summed E-state index contributed by atoms with van der Waals surface area (Å²) < 4.78 is 57.8. The number of fused-ring (bicyclic) bond motifs is 2. The summed E-state index contributed by atoms with van der Waals surface area (Å²) in [6, 6.07) is 8.72. The van der Waals surface area contributed by atoms with Gasteiger partial charge in [0.1, 0.15) is 24.3 Å². The van der Waals surface area contributed by atoms with Crippen LogP contribution in [-0.4, -0.2) is 64.2 Å². The molecule has 2 heterocycles. The number of rotatable bonds is 5. The molecule has 0 unspecified atom stereocenters. The quantitative estimate of drug-likeness (QED) is 0.639. The molecule has 2 aromatic rings. The standard InChI is InChI=1S/C23H25FN2O7S/c1-26-19-8-7-16(12-22(27)31-2)33-21(19)13-32-20-9-6-15(11-18(20)23(26)28)25-34(29,30)17-5-3-4-14(24)10-17/h3-6,9-11,16,19,21,25H,7-8,12-13H2,1-2H3/t16-,19-,21+/m1/s1. The number of benzene rings is 2. The number of carbonyl (C=O) groups is 2. The molecule has 1 N–H and O–H groups in total. The van der Waals surface area contributed by atoms with Crippen LogP contribution in [-0.2, 0) is 24.3 Å². The van der Waals surface area contributed by atoms with Gasteiger partial charge in [-0.2, -0.15) is 0 Å². The summed E-state index contributed by atoms with van der Waals surface area (Å²) in [4.78, 5) is 26.2. The zero-order valence-electron chi connectivity index (χ0n) is 18.7. The van der Waals surface area contributed by atoms with Gasteiger partial charge in [0.05, 0.1) is 36.1 Å². The molecule has 1 amide bonds. The van der Waals surface area contributed by atoms with Gasteiger partial charge in [-0.1, -0.05) is 6.07 Å². The van der Waals surface area contributed by atoms with E-state index in [0.717, 1.165) is 12.1 Å². The van der Waals surface area contributed by atoms with Crippen molar-refractivity contribution in [1.29, 1.82) is 0 Å². The highest BCUT2D eigenvalue weighted by Crippen LogP contribution is 2.33. The van der Waals surface area contributed by atoms with E-state index in [2.05, 4.69) is 4.72 Å². The molecule has 2 aromatic carbocycles. The third-order valence-electron chi connectivity index (χ3n) is 5.99. The van der Waals surface area contributed by atoms with Crippen LogP contribution in [0.3, 0.4) is 0 Å². The molecule has 11 heteroatoms. The third-order valence-corrected chi connectivity index (χ3v) is 7.37. The maximum atomic E-state index is 13.5. The van der Waals surface area contributed by atoms with E-state index in [1.165, 1.54) is 37.4 Å². The van der Waals surface area contributed by atoms with Gasteiger partial charge in [0.2, 0.25) is 0 Å². The van der Waals surface area contributed by atoms with Gasteiger partial charge in [0.15, 0.2) is 0 Å². The molecule has 9 nitrogen and oxygen atoms in total. The molecule has 34 heavy (non-hydrogen) atoms. The molecule has 0 bridgehead atoms. The predicted octanol–water partition coefficient (Wildman–Crippen LogP) is 2.57. The highest BCUT2D eigenvalue weighted by atomic mass is 32.2. The number of halogens is 1. The number of methoxy groups -OCH3 is 1. The van der Waals surface area contributed by atoms with Gasteiger partial charge in [-0.3, -0.25) is 14.3 Å². The summed E-state index contributed by atoms with van der Waals surface area (Å²) >= 11 is 0. The van der Waals surface area contributed by atoms with Crippen LogP contribution < -0.4 is 9.46 Å². The summed E-state index contributed by atoms with van der Waals surface area (Å²) in [5.74, 6) is -1.11.